The molecule has 0 amide bonds. The largest absolute Gasteiger partial charge is 0.493 e. The summed E-state index contributed by atoms with van der Waals surface area (Å²) in [6.07, 6.45) is 19.0. The first-order chi connectivity index (χ1) is 18.6. The summed E-state index contributed by atoms with van der Waals surface area (Å²) in [6.45, 7) is 9.07. The minimum Gasteiger partial charge on any atom is -0.493 e. The molecule has 0 fully saturated rings. The van der Waals surface area contributed by atoms with Gasteiger partial charge >= 0.3 is 0 Å². The van der Waals surface area contributed by atoms with Crippen molar-refractivity contribution < 1.29 is 21.2 Å². The van der Waals surface area contributed by atoms with Gasteiger partial charge in [-0.25, -0.2) is 4.70 Å². The molecule has 0 saturated heterocycles. The van der Waals surface area contributed by atoms with E-state index in [9.17, 15) is 5.53 Å². The van der Waals surface area contributed by atoms with Crippen LogP contribution in [0.4, 0.5) is 0 Å². The van der Waals surface area contributed by atoms with Gasteiger partial charge in [0.2, 0.25) is 11.4 Å². The smallest absolute Gasteiger partial charge is 0.211 e. The van der Waals surface area contributed by atoms with E-state index in [2.05, 4.69) is 76.2 Å². The maximum absolute atomic E-state index is 11.9. The molecule has 2 aromatic carbocycles. The van der Waals surface area contributed by atoms with Crippen LogP contribution in [0, 0.1) is 0 Å². The monoisotopic (exact) mass is 570 g/mol. The summed E-state index contributed by atoms with van der Waals surface area (Å²) in [5.41, 5.74) is 21.8. The van der Waals surface area contributed by atoms with E-state index in [0.717, 1.165) is 61.0 Å². The summed E-state index contributed by atoms with van der Waals surface area (Å²) in [7, 11) is 0. The van der Waals surface area contributed by atoms with Gasteiger partial charge in [-0.1, -0.05) is 103 Å². The van der Waals surface area contributed by atoms with Crippen LogP contribution in [0.3, 0.4) is 0 Å². The van der Waals surface area contributed by atoms with Gasteiger partial charge in [0.25, 0.3) is 0 Å². The van der Waals surface area contributed by atoms with Crippen molar-refractivity contribution in [2.24, 2.45) is 0 Å². The average Bonchev–Trinajstić information content (AvgIpc) is 3.21. The molecule has 0 radical (unpaired) electrons. The Morgan fingerprint density at radius 1 is 0.513 bits per heavy atom. The Balaban J connectivity index is 0.00000533. The van der Waals surface area contributed by atoms with Gasteiger partial charge < -0.3 is 5.53 Å². The molecule has 0 aromatic heterocycles. The molecular weight excluding hydrogens is 519 g/mol. The first-order valence-electron chi connectivity index (χ1n) is 15.8. The Bertz CT molecular complexity index is 1090. The maximum atomic E-state index is 11.9. The summed E-state index contributed by atoms with van der Waals surface area (Å²) in [6, 6.07) is 17.9. The predicted octanol–water partition coefficient (Wildman–Crippen LogP) is 11.5. The normalized spacial score (nSPS) is 13.4. The van der Waals surface area contributed by atoms with Crippen LogP contribution in [0.2, 0.25) is 0 Å². The molecule has 0 bridgehead atoms. The van der Waals surface area contributed by atoms with E-state index in [1.54, 1.807) is 4.70 Å². The molecule has 1 heterocycles. The third kappa shape index (κ3) is 9.56. The van der Waals surface area contributed by atoms with Crippen molar-refractivity contribution in [3.8, 4) is 0 Å². The molecule has 3 heteroatoms. The van der Waals surface area contributed by atoms with Crippen molar-refractivity contribution in [1.82, 2.24) is 0 Å². The predicted molar refractivity (Wildman–Crippen MR) is 165 cm³/mol. The quantitative estimate of drug-likeness (QED) is 0.0966. The van der Waals surface area contributed by atoms with Crippen LogP contribution in [0.5, 0.6) is 0 Å². The van der Waals surface area contributed by atoms with Crippen LogP contribution in [0.1, 0.15) is 140 Å². The van der Waals surface area contributed by atoms with Gasteiger partial charge in [-0.2, -0.15) is 0 Å². The Labute approximate surface area is 249 Å². The summed E-state index contributed by atoms with van der Waals surface area (Å²) in [5.74, 6) is 0. The molecule has 0 atom stereocenters. The first kappa shape index (κ1) is 33.2. The molecule has 0 spiro atoms. The molecule has 1 aliphatic rings. The zero-order chi connectivity index (χ0) is 27.2. The van der Waals surface area contributed by atoms with Crippen LogP contribution in [0.25, 0.3) is 16.9 Å². The summed E-state index contributed by atoms with van der Waals surface area (Å²) in [4.78, 5) is 0. The fourth-order valence-electron chi connectivity index (χ4n) is 5.77. The van der Waals surface area contributed by atoms with Crippen molar-refractivity contribution in [3.05, 3.63) is 87.5 Å². The third-order valence-electron chi connectivity index (χ3n) is 7.96. The van der Waals surface area contributed by atoms with Gasteiger partial charge in [-0.15, -0.1) is 0 Å². The van der Waals surface area contributed by atoms with Crippen LogP contribution in [-0.4, -0.2) is 4.70 Å². The van der Waals surface area contributed by atoms with Gasteiger partial charge in [0.15, 0.2) is 0 Å². The van der Waals surface area contributed by atoms with E-state index in [-0.39, 0.29) is 16.5 Å². The van der Waals surface area contributed by atoms with E-state index < -0.39 is 0 Å². The number of aryl methyl sites for hydroxylation is 2. The van der Waals surface area contributed by atoms with E-state index in [4.69, 9.17) is 0 Å². The van der Waals surface area contributed by atoms with Gasteiger partial charge in [-0.3, -0.25) is 0 Å². The number of nitrogens with zero attached hydrogens (tertiary/aromatic N) is 2. The second kappa shape index (κ2) is 18.4. The number of hydrogen-bond donors (Lipinski definition) is 0. The summed E-state index contributed by atoms with van der Waals surface area (Å²) < 4.78 is 1.57. The standard InChI is InChI=1S/C36H52N2.Ni/c1-5-9-13-16-26-34-33(25-12-8-4)35(31-23-17-21-29(27-31)19-14-10-6-2)38(37)36(34)32-24-18-22-30(28-32)20-15-11-7-3;/h17-18,21-24,27-28H,5-16,19-20,25-26H2,1-4H3;. The topological polar surface area (TPSA) is 25.3 Å². The molecule has 216 valence electrons. The number of rotatable bonds is 18. The van der Waals surface area contributed by atoms with Crippen molar-refractivity contribution in [3.63, 3.8) is 0 Å². The Morgan fingerprint density at radius 3 is 1.38 bits per heavy atom. The fraction of sp³-hybridized carbons (Fsp3) is 0.556. The Kier molecular flexibility index (Phi) is 15.7. The zero-order valence-corrected chi connectivity index (χ0v) is 26.1. The molecule has 1 aliphatic heterocycles. The van der Waals surface area contributed by atoms with Crippen molar-refractivity contribution in [2.75, 3.05) is 0 Å². The molecule has 0 N–H and O–H groups in total. The van der Waals surface area contributed by atoms with Gasteiger partial charge in [0, 0.05) is 38.8 Å². The Morgan fingerprint density at radius 2 is 0.923 bits per heavy atom. The summed E-state index contributed by atoms with van der Waals surface area (Å²) >= 11 is 0. The molecule has 39 heavy (non-hydrogen) atoms. The maximum Gasteiger partial charge on any atom is 0.211 e. The number of unbranched alkanes of at least 4 members (excludes halogenated alkanes) is 8. The van der Waals surface area contributed by atoms with Crippen LogP contribution in [-0.2, 0) is 29.3 Å². The molecule has 2 aromatic rings. The van der Waals surface area contributed by atoms with Gasteiger partial charge in [0.05, 0.1) is 0 Å². The Hall–Kier alpha value is -1.99. The SMILES string of the molecule is CCCCCCC1=C(c2cccc(CCCCC)c2)[N+](=[N-])C(c2cccc(CCCCC)c2)=C1CCCC.[Ni]. The number of hydrogen-bond acceptors (Lipinski definition) is 0. The van der Waals surface area contributed by atoms with Crippen LogP contribution < -0.4 is 0 Å². The molecule has 0 aliphatic carbocycles. The molecule has 3 rings (SSSR count). The minimum absolute atomic E-state index is 0. The second-order valence-electron chi connectivity index (χ2n) is 11.2. The summed E-state index contributed by atoms with van der Waals surface area (Å²) in [5, 5.41) is 0. The van der Waals surface area contributed by atoms with E-state index in [1.165, 1.54) is 86.5 Å². The second-order valence-corrected chi connectivity index (χ2v) is 11.2. The number of benzene rings is 2. The number of allylic oxidation sites excluding steroid dienone is 2. The average molecular weight is 572 g/mol. The first-order valence-corrected chi connectivity index (χ1v) is 15.8. The zero-order valence-electron chi connectivity index (χ0n) is 25.1. The van der Waals surface area contributed by atoms with Crippen molar-refractivity contribution in [2.45, 2.75) is 130 Å². The fourth-order valence-corrected chi connectivity index (χ4v) is 5.77. The molecule has 0 saturated carbocycles. The van der Waals surface area contributed by atoms with Crippen molar-refractivity contribution >= 4 is 11.4 Å². The van der Waals surface area contributed by atoms with E-state index in [1.807, 2.05) is 0 Å². The minimum atomic E-state index is 0. The van der Waals surface area contributed by atoms with Crippen LogP contribution in [0.15, 0.2) is 59.7 Å². The van der Waals surface area contributed by atoms with Crippen LogP contribution >= 0.6 is 0 Å². The van der Waals surface area contributed by atoms with Gasteiger partial charge in [-0.05, 0) is 86.8 Å². The molecular formula is C36H52N2Ni. The van der Waals surface area contributed by atoms with E-state index in [0.29, 0.717) is 0 Å². The van der Waals surface area contributed by atoms with Gasteiger partial charge in [0.1, 0.15) is 0 Å². The van der Waals surface area contributed by atoms with Crippen molar-refractivity contribution in [1.29, 1.82) is 0 Å². The molecule has 2 nitrogen and oxygen atoms in total. The molecule has 0 unspecified atom stereocenters. The van der Waals surface area contributed by atoms with E-state index >= 15 is 0 Å². The third-order valence-corrected chi connectivity index (χ3v) is 7.96.